The lowest BCUT2D eigenvalue weighted by atomic mass is 9.83. The summed E-state index contributed by atoms with van der Waals surface area (Å²) in [6.07, 6.45) is 11.8. The van der Waals surface area contributed by atoms with Crippen LogP contribution >= 0.6 is 0 Å². The van der Waals surface area contributed by atoms with Crippen LogP contribution in [0.5, 0.6) is 0 Å². The maximum absolute atomic E-state index is 14.0. The van der Waals surface area contributed by atoms with Gasteiger partial charge in [-0.25, -0.2) is 8.78 Å². The number of nitrogens with zero attached hydrogens (tertiary/aromatic N) is 2. The largest absolute Gasteiger partial charge is 0.367 e. The van der Waals surface area contributed by atoms with Gasteiger partial charge in [0.05, 0.1) is 5.69 Å². The summed E-state index contributed by atoms with van der Waals surface area (Å²) in [6, 6.07) is 4.18. The first-order chi connectivity index (χ1) is 14.6. The molecule has 0 unspecified atom stereocenters. The van der Waals surface area contributed by atoms with E-state index in [4.69, 9.17) is 0 Å². The number of allylic oxidation sites excluding steroid dienone is 2. The quantitative estimate of drug-likeness (QED) is 0.708. The number of nitrogens with one attached hydrogen (secondary N) is 1. The van der Waals surface area contributed by atoms with Crippen molar-refractivity contribution in [3.8, 4) is 0 Å². The van der Waals surface area contributed by atoms with Gasteiger partial charge in [-0.05, 0) is 69.5 Å². The third-order valence-corrected chi connectivity index (χ3v) is 7.05. The van der Waals surface area contributed by atoms with Crippen molar-refractivity contribution in [2.75, 3.05) is 37.6 Å². The molecule has 30 heavy (non-hydrogen) atoms. The van der Waals surface area contributed by atoms with Gasteiger partial charge in [-0.2, -0.15) is 0 Å². The van der Waals surface area contributed by atoms with Gasteiger partial charge in [0.2, 0.25) is 5.91 Å². The molecule has 2 aliphatic carbocycles. The lowest BCUT2D eigenvalue weighted by Gasteiger charge is -2.37. The maximum Gasteiger partial charge on any atom is 0.223 e. The number of halogens is 2. The van der Waals surface area contributed by atoms with E-state index in [1.807, 2.05) is 4.90 Å². The fraction of sp³-hybridized carbons (Fsp3) is 0.625. The van der Waals surface area contributed by atoms with Gasteiger partial charge in [-0.15, -0.1) is 0 Å². The van der Waals surface area contributed by atoms with E-state index >= 15 is 0 Å². The van der Waals surface area contributed by atoms with E-state index in [-0.39, 0.29) is 11.8 Å². The Morgan fingerprint density at radius 2 is 1.70 bits per heavy atom. The molecule has 1 saturated carbocycles. The van der Waals surface area contributed by atoms with Crippen molar-refractivity contribution in [2.24, 2.45) is 11.8 Å². The van der Waals surface area contributed by atoms with Crippen molar-refractivity contribution >= 4 is 11.6 Å². The zero-order chi connectivity index (χ0) is 20.9. The second-order valence-electron chi connectivity index (χ2n) is 9.08. The topological polar surface area (TPSA) is 35.6 Å². The summed E-state index contributed by atoms with van der Waals surface area (Å²) in [7, 11) is 0. The van der Waals surface area contributed by atoms with Crippen LogP contribution in [0.2, 0.25) is 0 Å². The zero-order valence-corrected chi connectivity index (χ0v) is 17.7. The fourth-order valence-electron chi connectivity index (χ4n) is 5.06. The molecule has 164 valence electrons. The van der Waals surface area contributed by atoms with Crippen molar-refractivity contribution in [1.82, 2.24) is 10.2 Å². The van der Waals surface area contributed by atoms with Gasteiger partial charge < -0.3 is 10.2 Å². The van der Waals surface area contributed by atoms with Gasteiger partial charge in [0, 0.05) is 44.2 Å². The summed E-state index contributed by atoms with van der Waals surface area (Å²) in [4.78, 5) is 16.8. The standard InChI is InChI=1S/C24H33F2N3O/c25-20-7-10-23(22(26)17-20)29-15-13-28(14-16-29)12-11-18-5-8-21(9-6-18)27-24(30)19-3-1-2-4-19/h1-2,7,10,17-19,21H,3-6,8-9,11-16H2,(H,27,30)/t18-,21-. The normalized spacial score (nSPS) is 25.6. The molecule has 3 aliphatic rings. The Kier molecular flexibility index (Phi) is 7.03. The van der Waals surface area contributed by atoms with Crippen LogP contribution in [0.1, 0.15) is 44.9 Å². The summed E-state index contributed by atoms with van der Waals surface area (Å²) < 4.78 is 27.1. The van der Waals surface area contributed by atoms with E-state index in [0.29, 0.717) is 11.7 Å². The van der Waals surface area contributed by atoms with E-state index < -0.39 is 11.6 Å². The molecule has 4 rings (SSSR count). The second-order valence-corrected chi connectivity index (χ2v) is 9.08. The molecule has 1 aliphatic heterocycles. The van der Waals surface area contributed by atoms with Crippen LogP contribution in [0.25, 0.3) is 0 Å². The minimum atomic E-state index is -0.528. The van der Waals surface area contributed by atoms with Crippen LogP contribution in [0.15, 0.2) is 30.4 Å². The van der Waals surface area contributed by atoms with Crippen LogP contribution < -0.4 is 10.2 Å². The molecule has 1 aromatic carbocycles. The average molecular weight is 418 g/mol. The molecule has 0 aromatic heterocycles. The monoisotopic (exact) mass is 417 g/mol. The summed E-state index contributed by atoms with van der Waals surface area (Å²) >= 11 is 0. The van der Waals surface area contributed by atoms with E-state index in [0.717, 1.165) is 70.4 Å². The molecular formula is C24H33F2N3O. The number of hydrogen-bond acceptors (Lipinski definition) is 3. The summed E-state index contributed by atoms with van der Waals surface area (Å²) in [5.41, 5.74) is 0.504. The molecule has 0 atom stereocenters. The Morgan fingerprint density at radius 3 is 2.37 bits per heavy atom. The Balaban J connectivity index is 1.13. The molecule has 0 radical (unpaired) electrons. The first kappa shape index (κ1) is 21.3. The Labute approximate surface area is 178 Å². The third kappa shape index (κ3) is 5.39. The van der Waals surface area contributed by atoms with E-state index in [1.165, 1.54) is 25.3 Å². The van der Waals surface area contributed by atoms with Gasteiger partial charge in [-0.1, -0.05) is 12.2 Å². The van der Waals surface area contributed by atoms with Gasteiger partial charge in [0.15, 0.2) is 0 Å². The fourth-order valence-corrected chi connectivity index (χ4v) is 5.06. The minimum Gasteiger partial charge on any atom is -0.367 e. The molecule has 4 nitrogen and oxygen atoms in total. The number of rotatable bonds is 6. The van der Waals surface area contributed by atoms with Gasteiger partial charge >= 0.3 is 0 Å². The molecule has 1 heterocycles. The molecular weight excluding hydrogens is 384 g/mol. The lowest BCUT2D eigenvalue weighted by molar-refractivity contribution is -0.125. The highest BCUT2D eigenvalue weighted by Crippen LogP contribution is 2.28. The Hall–Kier alpha value is -1.95. The van der Waals surface area contributed by atoms with E-state index in [2.05, 4.69) is 22.4 Å². The van der Waals surface area contributed by atoms with Crippen molar-refractivity contribution in [3.63, 3.8) is 0 Å². The van der Waals surface area contributed by atoms with Crippen molar-refractivity contribution in [1.29, 1.82) is 0 Å². The highest BCUT2D eigenvalue weighted by atomic mass is 19.1. The number of carbonyl (C=O) groups excluding carboxylic acids is 1. The SMILES string of the molecule is O=C(N[C@H]1CC[C@H](CCN2CCN(c3ccc(F)cc3F)CC2)CC1)C1CC=CC1. The second kappa shape index (κ2) is 9.90. The number of benzene rings is 1. The van der Waals surface area contributed by atoms with Gasteiger partial charge in [-0.3, -0.25) is 9.69 Å². The van der Waals surface area contributed by atoms with Crippen LogP contribution in [0, 0.1) is 23.5 Å². The zero-order valence-electron chi connectivity index (χ0n) is 17.7. The third-order valence-electron chi connectivity index (χ3n) is 7.05. The van der Waals surface area contributed by atoms with E-state index in [1.54, 1.807) is 6.07 Å². The van der Waals surface area contributed by atoms with Crippen molar-refractivity contribution in [2.45, 2.75) is 51.0 Å². The number of piperazine rings is 1. The lowest BCUT2D eigenvalue weighted by Crippen LogP contribution is -2.47. The van der Waals surface area contributed by atoms with Crippen molar-refractivity contribution < 1.29 is 13.6 Å². The first-order valence-corrected chi connectivity index (χ1v) is 11.5. The first-order valence-electron chi connectivity index (χ1n) is 11.5. The molecule has 1 saturated heterocycles. The molecule has 1 amide bonds. The summed E-state index contributed by atoms with van der Waals surface area (Å²) in [5.74, 6) is 0.124. The van der Waals surface area contributed by atoms with Gasteiger partial charge in [0.25, 0.3) is 0 Å². The van der Waals surface area contributed by atoms with Gasteiger partial charge in [0.1, 0.15) is 11.6 Å². The number of amides is 1. The number of anilines is 1. The highest BCUT2D eigenvalue weighted by Gasteiger charge is 2.27. The number of hydrogen-bond donors (Lipinski definition) is 1. The molecule has 0 spiro atoms. The van der Waals surface area contributed by atoms with E-state index in [9.17, 15) is 13.6 Å². The molecule has 2 fully saturated rings. The number of carbonyl (C=O) groups is 1. The van der Waals surface area contributed by atoms with Crippen molar-refractivity contribution in [3.05, 3.63) is 42.0 Å². The molecule has 6 heteroatoms. The average Bonchev–Trinajstić information content (AvgIpc) is 3.29. The molecule has 0 bridgehead atoms. The summed E-state index contributed by atoms with van der Waals surface area (Å²) in [6.45, 7) is 4.46. The predicted octanol–water partition coefficient (Wildman–Crippen LogP) is 4.12. The van der Waals surface area contributed by atoms with Crippen LogP contribution in [0.3, 0.4) is 0 Å². The maximum atomic E-state index is 14.0. The Morgan fingerprint density at radius 1 is 1.00 bits per heavy atom. The minimum absolute atomic E-state index is 0.157. The Bertz CT molecular complexity index is 745. The molecule has 1 aromatic rings. The molecule has 1 N–H and O–H groups in total. The van der Waals surface area contributed by atoms with Crippen LogP contribution in [-0.4, -0.2) is 49.6 Å². The smallest absolute Gasteiger partial charge is 0.223 e. The van der Waals surface area contributed by atoms with Crippen LogP contribution in [-0.2, 0) is 4.79 Å². The highest BCUT2D eigenvalue weighted by molar-refractivity contribution is 5.79. The van der Waals surface area contributed by atoms with Crippen LogP contribution in [0.4, 0.5) is 14.5 Å². The predicted molar refractivity (Wildman–Crippen MR) is 115 cm³/mol. The summed E-state index contributed by atoms with van der Waals surface area (Å²) in [5, 5.41) is 3.27.